The van der Waals surface area contributed by atoms with Crippen molar-refractivity contribution in [3.63, 3.8) is 0 Å². The lowest BCUT2D eigenvalue weighted by Crippen LogP contribution is -2.15. The highest BCUT2D eigenvalue weighted by Crippen LogP contribution is 2.45. The van der Waals surface area contributed by atoms with Gasteiger partial charge in [0.2, 0.25) is 0 Å². The normalized spacial score (nSPS) is 13.2. The Morgan fingerprint density at radius 1 is 0.310 bits per heavy atom. The Morgan fingerprint density at radius 3 is 1.06 bits per heavy atom. The van der Waals surface area contributed by atoms with Crippen molar-refractivity contribution in [1.82, 2.24) is 29.4 Å². The van der Waals surface area contributed by atoms with Crippen LogP contribution in [0.1, 0.15) is 11.6 Å². The summed E-state index contributed by atoms with van der Waals surface area (Å²) in [6, 6.07) is 93.9. The molecule has 1 N–H and O–H groups in total. The number of allylic oxidation sites excluding steroid dienone is 2. The van der Waals surface area contributed by atoms with E-state index in [-0.39, 0.29) is 6.04 Å². The van der Waals surface area contributed by atoms with Gasteiger partial charge in [-0.25, -0.2) is 0 Å². The summed E-state index contributed by atoms with van der Waals surface area (Å²) in [5.74, 6) is 0. The third kappa shape index (κ3) is 8.47. The van der Waals surface area contributed by atoms with Gasteiger partial charge in [-0.2, -0.15) is 0 Å². The molecule has 16 aromatic rings. The summed E-state index contributed by atoms with van der Waals surface area (Å²) in [5.41, 5.74) is 24.6. The number of dihydropyridines is 1. The fourth-order valence-corrected chi connectivity index (χ4v) is 13.4. The molecule has 7 nitrogen and oxygen atoms in total. The zero-order valence-electron chi connectivity index (χ0n) is 47.1. The predicted octanol–water partition coefficient (Wildman–Crippen LogP) is 20.3. The number of hydrogen-bond acceptors (Lipinski definition) is 5. The molecule has 87 heavy (non-hydrogen) atoms. The summed E-state index contributed by atoms with van der Waals surface area (Å²) in [6.07, 6.45) is 14.0. The zero-order valence-corrected chi connectivity index (χ0v) is 47.1. The summed E-state index contributed by atoms with van der Waals surface area (Å²) in [6.45, 7) is 0. The van der Waals surface area contributed by atoms with Gasteiger partial charge in [0.05, 0.1) is 45.2 Å². The highest BCUT2D eigenvalue weighted by atomic mass is 16.3. The van der Waals surface area contributed by atoms with Gasteiger partial charge in [-0.05, 0) is 184 Å². The van der Waals surface area contributed by atoms with Gasteiger partial charge in [0, 0.05) is 79.0 Å². The van der Waals surface area contributed by atoms with Crippen molar-refractivity contribution >= 4 is 65.6 Å². The molecular weight excluding hydrogens is 1060 g/mol. The van der Waals surface area contributed by atoms with Crippen molar-refractivity contribution in [2.45, 2.75) is 6.04 Å². The number of furan rings is 1. The third-order valence-corrected chi connectivity index (χ3v) is 17.4. The molecule has 0 amide bonds. The van der Waals surface area contributed by atoms with Crippen LogP contribution in [0.3, 0.4) is 0 Å². The lowest BCUT2D eigenvalue weighted by atomic mass is 9.92. The summed E-state index contributed by atoms with van der Waals surface area (Å²) in [7, 11) is 0. The number of pyridine rings is 3. The SMILES string of the molecule is C1=CNC(c2ccccc2-c2ccc3c(c2)c2cc(-c4ccccc4-c4ccccn4)ccc2n3-c2ccc3oc4ccc(-n5c6ccc(-c7ccccc7-c7ccccn7)cc6c6cc(-c7ccccc7-c7ccccn7)ccc65)cc4c3c2)C=C1. The van der Waals surface area contributed by atoms with E-state index < -0.39 is 0 Å². The lowest BCUT2D eigenvalue weighted by Gasteiger charge is -2.20. The minimum atomic E-state index is 0.0585. The van der Waals surface area contributed by atoms with E-state index in [9.17, 15) is 0 Å². The molecule has 0 saturated heterocycles. The Morgan fingerprint density at radius 2 is 0.678 bits per heavy atom. The van der Waals surface area contributed by atoms with Crippen LogP contribution < -0.4 is 5.32 Å². The van der Waals surface area contributed by atoms with Gasteiger partial charge < -0.3 is 18.9 Å². The van der Waals surface area contributed by atoms with Gasteiger partial charge >= 0.3 is 0 Å². The Kier molecular flexibility index (Phi) is 11.8. The first-order valence-corrected chi connectivity index (χ1v) is 29.5. The first kappa shape index (κ1) is 49.9. The second-order valence-electron chi connectivity index (χ2n) is 22.3. The molecule has 1 unspecified atom stereocenters. The second-order valence-corrected chi connectivity index (χ2v) is 22.3. The molecule has 1 aliphatic heterocycles. The number of rotatable bonds is 10. The van der Waals surface area contributed by atoms with Crippen molar-refractivity contribution in [3.8, 4) is 89.7 Å². The van der Waals surface area contributed by atoms with Crippen molar-refractivity contribution in [2.75, 3.05) is 0 Å². The van der Waals surface area contributed by atoms with Gasteiger partial charge in [-0.15, -0.1) is 0 Å². The topological polar surface area (TPSA) is 73.7 Å². The van der Waals surface area contributed by atoms with Gasteiger partial charge in [0.1, 0.15) is 11.2 Å². The summed E-state index contributed by atoms with van der Waals surface area (Å²) in [4.78, 5) is 14.4. The quantitative estimate of drug-likeness (QED) is 0.148. The van der Waals surface area contributed by atoms with Gasteiger partial charge in [0.15, 0.2) is 0 Å². The molecule has 0 saturated carbocycles. The minimum Gasteiger partial charge on any atom is -0.456 e. The van der Waals surface area contributed by atoms with Crippen LogP contribution >= 0.6 is 0 Å². The number of aromatic nitrogens is 5. The molecule has 1 aliphatic rings. The molecule has 408 valence electrons. The first-order valence-electron chi connectivity index (χ1n) is 29.5. The van der Waals surface area contributed by atoms with Gasteiger partial charge in [-0.3, -0.25) is 15.0 Å². The van der Waals surface area contributed by atoms with E-state index >= 15 is 0 Å². The smallest absolute Gasteiger partial charge is 0.135 e. The van der Waals surface area contributed by atoms with Crippen LogP contribution in [0.4, 0.5) is 0 Å². The van der Waals surface area contributed by atoms with Crippen LogP contribution in [0.2, 0.25) is 0 Å². The van der Waals surface area contributed by atoms with Crippen LogP contribution in [-0.2, 0) is 0 Å². The van der Waals surface area contributed by atoms with Crippen LogP contribution in [0.15, 0.2) is 308 Å². The van der Waals surface area contributed by atoms with Gasteiger partial charge in [-0.1, -0.05) is 152 Å². The Balaban J connectivity index is 0.844. The molecule has 0 spiro atoms. The zero-order chi connectivity index (χ0) is 57.4. The maximum atomic E-state index is 6.76. The van der Waals surface area contributed by atoms with Crippen LogP contribution in [-0.4, -0.2) is 24.1 Å². The number of nitrogens with one attached hydrogen (secondary N) is 1. The standard InChI is InChI=1S/C80H52N6O/c1-5-21-61(71-25-9-13-41-81-71)57(17-1)51-29-35-75-65(45-51)66-46-52(58-18-2-6-22-62(58)72-26-10-14-42-82-72)30-36-76(66)85(75)55-33-39-79-69(49-55)70-50-56(34-40-80(70)87-79)86-77-37-31-53(59-19-3-7-23-63(59)73-27-11-15-43-83-73)47-67(77)68-48-54(32-38-78(68)86)60-20-4-8-24-64(60)74-28-12-16-44-84-74/h1-50,71,81H. The Bertz CT molecular complexity index is 5300. The highest BCUT2D eigenvalue weighted by molar-refractivity contribution is 6.15. The molecule has 6 aromatic heterocycles. The number of fused-ring (bicyclic) bond motifs is 9. The average Bonchev–Trinajstić information content (AvgIpc) is 1.72. The maximum absolute atomic E-state index is 6.76. The number of nitrogens with zero attached hydrogens (tertiary/aromatic N) is 5. The molecular formula is C80H52N6O. The maximum Gasteiger partial charge on any atom is 0.135 e. The Labute approximate surface area is 501 Å². The lowest BCUT2D eigenvalue weighted by molar-refractivity contribution is 0.669. The van der Waals surface area contributed by atoms with Crippen molar-refractivity contribution in [3.05, 3.63) is 309 Å². The van der Waals surface area contributed by atoms with Crippen LogP contribution in [0, 0.1) is 0 Å². The highest BCUT2D eigenvalue weighted by Gasteiger charge is 2.22. The van der Waals surface area contributed by atoms with E-state index in [1.807, 2.05) is 49.1 Å². The first-order chi connectivity index (χ1) is 43.1. The summed E-state index contributed by atoms with van der Waals surface area (Å²) in [5, 5.41) is 10.3. The molecule has 0 aliphatic carbocycles. The van der Waals surface area contributed by atoms with E-state index in [1.54, 1.807) is 0 Å². The summed E-state index contributed by atoms with van der Waals surface area (Å²) >= 11 is 0. The van der Waals surface area contributed by atoms with Crippen molar-refractivity contribution < 1.29 is 4.42 Å². The largest absolute Gasteiger partial charge is 0.456 e. The molecule has 1 atom stereocenters. The predicted molar refractivity (Wildman–Crippen MR) is 358 cm³/mol. The molecule has 7 heteroatoms. The van der Waals surface area contributed by atoms with Gasteiger partial charge in [0.25, 0.3) is 0 Å². The monoisotopic (exact) mass is 1110 g/mol. The average molecular weight is 1110 g/mol. The second kappa shape index (κ2) is 20.6. The fraction of sp³-hybridized carbons (Fsp3) is 0.0125. The molecule has 0 radical (unpaired) electrons. The van der Waals surface area contributed by atoms with E-state index in [1.165, 1.54) is 16.5 Å². The number of hydrogen-bond donors (Lipinski definition) is 1. The molecule has 0 bridgehead atoms. The molecule has 17 rings (SSSR count). The molecule has 0 fully saturated rings. The van der Waals surface area contributed by atoms with E-state index in [4.69, 9.17) is 19.4 Å². The van der Waals surface area contributed by atoms with E-state index in [0.29, 0.717) is 0 Å². The summed E-state index contributed by atoms with van der Waals surface area (Å²) < 4.78 is 11.6. The number of benzene rings is 10. The van der Waals surface area contributed by atoms with Crippen LogP contribution in [0.25, 0.3) is 155 Å². The van der Waals surface area contributed by atoms with E-state index in [0.717, 1.165) is 144 Å². The van der Waals surface area contributed by atoms with Crippen LogP contribution in [0.5, 0.6) is 0 Å². The van der Waals surface area contributed by atoms with Crippen molar-refractivity contribution in [2.24, 2.45) is 0 Å². The molecule has 7 heterocycles. The van der Waals surface area contributed by atoms with Crippen molar-refractivity contribution in [1.29, 1.82) is 0 Å². The fourth-order valence-electron chi connectivity index (χ4n) is 13.4. The Hall–Kier alpha value is -11.7. The third-order valence-electron chi connectivity index (χ3n) is 17.4. The van der Waals surface area contributed by atoms with E-state index in [2.05, 4.69) is 269 Å². The molecule has 10 aromatic carbocycles. The minimum absolute atomic E-state index is 0.0585.